The Hall–Kier alpha value is -2.18. The number of ketones is 1. The van der Waals surface area contributed by atoms with Gasteiger partial charge in [0.15, 0.2) is 5.78 Å². The topological polar surface area (TPSA) is 61.8 Å². The Bertz CT molecular complexity index is 819. The number of carbonyl (C=O) groups excluding carboxylic acids is 2. The standard InChI is InChI=1S/C18H18ClN3O2S/c1-11(16-8-9-17(19)25-16)20-18(24)14-10-15(12(2)23)22(21-14)13-6-4-3-5-7-13/h3-9,11,15H,10H2,1-2H3,(H,20,24). The second-order valence-corrected chi connectivity index (χ2v) is 7.64. The summed E-state index contributed by atoms with van der Waals surface area (Å²) in [6.45, 7) is 3.42. The number of carbonyl (C=O) groups is 2. The van der Waals surface area contributed by atoms with Crippen molar-refractivity contribution in [1.29, 1.82) is 0 Å². The summed E-state index contributed by atoms with van der Waals surface area (Å²) in [4.78, 5) is 25.5. The van der Waals surface area contributed by atoms with Crippen LogP contribution in [0.1, 0.15) is 31.2 Å². The van der Waals surface area contributed by atoms with Crippen LogP contribution in [0, 0.1) is 0 Å². The van der Waals surface area contributed by atoms with Gasteiger partial charge in [0, 0.05) is 11.3 Å². The average molecular weight is 376 g/mol. The Morgan fingerprint density at radius 1 is 1.28 bits per heavy atom. The molecule has 1 N–H and O–H groups in total. The van der Waals surface area contributed by atoms with Crippen molar-refractivity contribution in [2.45, 2.75) is 32.4 Å². The van der Waals surface area contributed by atoms with Gasteiger partial charge in [0.1, 0.15) is 11.8 Å². The van der Waals surface area contributed by atoms with Gasteiger partial charge < -0.3 is 5.32 Å². The molecule has 0 saturated heterocycles. The number of rotatable bonds is 5. The number of hydrazone groups is 1. The molecule has 2 aromatic rings. The highest BCUT2D eigenvalue weighted by Gasteiger charge is 2.34. The van der Waals surface area contributed by atoms with E-state index in [1.165, 1.54) is 18.3 Å². The fraction of sp³-hybridized carbons (Fsp3) is 0.278. The van der Waals surface area contributed by atoms with Crippen LogP contribution in [0.25, 0.3) is 0 Å². The maximum atomic E-state index is 12.6. The predicted octanol–water partition coefficient (Wildman–Crippen LogP) is 3.80. The predicted molar refractivity (Wildman–Crippen MR) is 101 cm³/mol. The lowest BCUT2D eigenvalue weighted by atomic mass is 10.1. The van der Waals surface area contributed by atoms with Gasteiger partial charge in [-0.3, -0.25) is 14.6 Å². The number of nitrogens with zero attached hydrogens (tertiary/aromatic N) is 2. The van der Waals surface area contributed by atoms with Gasteiger partial charge in [-0.25, -0.2) is 0 Å². The lowest BCUT2D eigenvalue weighted by molar-refractivity contribution is -0.118. The molecule has 0 saturated carbocycles. The van der Waals surface area contributed by atoms with Gasteiger partial charge in [0.25, 0.3) is 5.91 Å². The Morgan fingerprint density at radius 3 is 2.60 bits per heavy atom. The molecule has 1 amide bonds. The van der Waals surface area contributed by atoms with Crippen molar-refractivity contribution in [3.05, 3.63) is 51.7 Å². The molecular formula is C18H18ClN3O2S. The number of benzene rings is 1. The zero-order valence-electron chi connectivity index (χ0n) is 13.9. The number of nitrogens with one attached hydrogen (secondary N) is 1. The van der Waals surface area contributed by atoms with Crippen LogP contribution in [0.3, 0.4) is 0 Å². The molecule has 25 heavy (non-hydrogen) atoms. The molecule has 1 aromatic heterocycles. The molecular weight excluding hydrogens is 358 g/mol. The Labute approximate surface area is 155 Å². The second kappa shape index (κ2) is 7.37. The molecule has 0 aliphatic carbocycles. The molecule has 0 radical (unpaired) electrons. The summed E-state index contributed by atoms with van der Waals surface area (Å²) in [5.41, 5.74) is 1.15. The van der Waals surface area contributed by atoms with E-state index in [1.807, 2.05) is 43.3 Å². The van der Waals surface area contributed by atoms with Crippen molar-refractivity contribution >= 4 is 46.0 Å². The molecule has 2 heterocycles. The normalized spacial score (nSPS) is 18.0. The van der Waals surface area contributed by atoms with E-state index in [1.54, 1.807) is 11.1 Å². The monoisotopic (exact) mass is 375 g/mol. The summed E-state index contributed by atoms with van der Waals surface area (Å²) in [7, 11) is 0. The van der Waals surface area contributed by atoms with E-state index in [4.69, 9.17) is 11.6 Å². The van der Waals surface area contributed by atoms with Crippen molar-refractivity contribution < 1.29 is 9.59 Å². The van der Waals surface area contributed by atoms with E-state index < -0.39 is 6.04 Å². The van der Waals surface area contributed by atoms with Crippen LogP contribution in [0.2, 0.25) is 4.34 Å². The van der Waals surface area contributed by atoms with Gasteiger partial charge in [-0.15, -0.1) is 11.3 Å². The Morgan fingerprint density at radius 2 is 2.00 bits per heavy atom. The maximum Gasteiger partial charge on any atom is 0.268 e. The fourth-order valence-corrected chi connectivity index (χ4v) is 3.76. The van der Waals surface area contributed by atoms with Crippen molar-refractivity contribution in [2.75, 3.05) is 5.01 Å². The molecule has 1 aliphatic heterocycles. The third-order valence-corrected chi connectivity index (χ3v) is 5.44. The number of para-hydroxylation sites is 1. The number of thiophene rings is 1. The summed E-state index contributed by atoms with van der Waals surface area (Å²) in [6.07, 6.45) is 0.300. The van der Waals surface area contributed by atoms with Gasteiger partial charge in [-0.1, -0.05) is 29.8 Å². The number of hydrogen-bond acceptors (Lipinski definition) is 5. The number of amides is 1. The third kappa shape index (κ3) is 3.91. The van der Waals surface area contributed by atoms with Crippen LogP contribution in [-0.4, -0.2) is 23.4 Å². The quantitative estimate of drug-likeness (QED) is 0.864. The van der Waals surface area contributed by atoms with Crippen LogP contribution in [0.5, 0.6) is 0 Å². The van der Waals surface area contributed by atoms with Crippen molar-refractivity contribution in [1.82, 2.24) is 5.32 Å². The lowest BCUT2D eigenvalue weighted by Gasteiger charge is -2.20. The summed E-state index contributed by atoms with van der Waals surface area (Å²) in [6, 6.07) is 12.5. The molecule has 0 bridgehead atoms. The minimum absolute atomic E-state index is 0.0199. The fourth-order valence-electron chi connectivity index (χ4n) is 2.69. The molecule has 0 fully saturated rings. The van der Waals surface area contributed by atoms with Crippen molar-refractivity contribution in [3.63, 3.8) is 0 Å². The first-order chi connectivity index (χ1) is 12.0. The Kier molecular flexibility index (Phi) is 5.20. The molecule has 2 unspecified atom stereocenters. The number of hydrogen-bond donors (Lipinski definition) is 1. The molecule has 7 heteroatoms. The minimum Gasteiger partial charge on any atom is -0.344 e. The smallest absolute Gasteiger partial charge is 0.268 e. The van der Waals surface area contributed by atoms with Gasteiger partial charge in [-0.2, -0.15) is 5.10 Å². The van der Waals surface area contributed by atoms with E-state index in [9.17, 15) is 9.59 Å². The molecule has 5 nitrogen and oxygen atoms in total. The van der Waals surface area contributed by atoms with E-state index in [-0.39, 0.29) is 17.7 Å². The van der Waals surface area contributed by atoms with Crippen molar-refractivity contribution in [2.24, 2.45) is 5.10 Å². The summed E-state index contributed by atoms with van der Waals surface area (Å²) in [5.74, 6) is -0.282. The highest BCUT2D eigenvalue weighted by Crippen LogP contribution is 2.28. The SMILES string of the molecule is CC(=O)C1CC(C(=O)NC(C)c2ccc(Cl)s2)=NN1c1ccccc1. The van der Waals surface area contributed by atoms with E-state index >= 15 is 0 Å². The van der Waals surface area contributed by atoms with E-state index in [0.29, 0.717) is 16.5 Å². The van der Waals surface area contributed by atoms with Crippen LogP contribution < -0.4 is 10.3 Å². The van der Waals surface area contributed by atoms with E-state index in [2.05, 4.69) is 10.4 Å². The molecule has 2 atom stereocenters. The third-order valence-electron chi connectivity index (χ3n) is 4.03. The molecule has 3 rings (SSSR count). The van der Waals surface area contributed by atoms with Gasteiger partial charge in [0.05, 0.1) is 16.1 Å². The van der Waals surface area contributed by atoms with Crippen LogP contribution >= 0.6 is 22.9 Å². The largest absolute Gasteiger partial charge is 0.344 e. The lowest BCUT2D eigenvalue weighted by Crippen LogP contribution is -2.35. The number of anilines is 1. The van der Waals surface area contributed by atoms with Gasteiger partial charge >= 0.3 is 0 Å². The van der Waals surface area contributed by atoms with Crippen LogP contribution in [-0.2, 0) is 9.59 Å². The first-order valence-electron chi connectivity index (χ1n) is 7.94. The summed E-state index contributed by atoms with van der Waals surface area (Å²) in [5, 5.41) is 8.96. The maximum absolute atomic E-state index is 12.6. The molecule has 0 spiro atoms. The molecule has 130 valence electrons. The van der Waals surface area contributed by atoms with Gasteiger partial charge in [-0.05, 0) is 38.1 Å². The zero-order valence-corrected chi connectivity index (χ0v) is 15.5. The average Bonchev–Trinajstić information content (AvgIpc) is 3.22. The van der Waals surface area contributed by atoms with Crippen molar-refractivity contribution in [3.8, 4) is 0 Å². The van der Waals surface area contributed by atoms with Gasteiger partial charge in [0.2, 0.25) is 0 Å². The summed E-state index contributed by atoms with van der Waals surface area (Å²) < 4.78 is 0.682. The molecule has 1 aliphatic rings. The zero-order chi connectivity index (χ0) is 18.0. The molecule has 1 aromatic carbocycles. The number of Topliss-reactive ketones (excluding diaryl/α,β-unsaturated/α-hetero) is 1. The highest BCUT2D eigenvalue weighted by atomic mass is 35.5. The van der Waals surface area contributed by atoms with E-state index in [0.717, 1.165) is 10.6 Å². The highest BCUT2D eigenvalue weighted by molar-refractivity contribution is 7.16. The first kappa shape index (κ1) is 17.6. The Balaban J connectivity index is 1.77. The number of halogens is 1. The first-order valence-corrected chi connectivity index (χ1v) is 9.13. The van der Waals surface area contributed by atoms with Crippen LogP contribution in [0.15, 0.2) is 47.6 Å². The minimum atomic E-state index is -0.449. The second-order valence-electron chi connectivity index (χ2n) is 5.89. The summed E-state index contributed by atoms with van der Waals surface area (Å²) >= 11 is 7.38. The van der Waals surface area contributed by atoms with Crippen LogP contribution in [0.4, 0.5) is 5.69 Å².